The van der Waals surface area contributed by atoms with E-state index in [1.165, 1.54) is 6.08 Å². The number of rotatable bonds is 2. The van der Waals surface area contributed by atoms with E-state index in [0.29, 0.717) is 32.3 Å². The largest absolute Gasteiger partial charge is 0.463 e. The van der Waals surface area contributed by atoms with Crippen molar-refractivity contribution in [2.24, 2.45) is 0 Å². The molecule has 0 aromatic rings. The highest BCUT2D eigenvalue weighted by Gasteiger charge is 2.15. The topological polar surface area (TPSA) is 26.3 Å². The van der Waals surface area contributed by atoms with E-state index in [1.807, 2.05) is 0 Å². The van der Waals surface area contributed by atoms with E-state index in [4.69, 9.17) is 4.74 Å². The Morgan fingerprint density at radius 2 is 2.23 bits per heavy atom. The lowest BCUT2D eigenvalue weighted by molar-refractivity contribution is -0.137. The van der Waals surface area contributed by atoms with Gasteiger partial charge in [0.2, 0.25) is 0 Å². The first-order valence-corrected chi connectivity index (χ1v) is 4.72. The predicted octanol–water partition coefficient (Wildman–Crippen LogP) is 2.39. The molecule has 1 aliphatic rings. The van der Waals surface area contributed by atoms with Crippen LogP contribution in [0.2, 0.25) is 0 Å². The third kappa shape index (κ3) is 3.57. The number of esters is 1. The highest BCUT2D eigenvalue weighted by Crippen LogP contribution is 2.25. The molecule has 0 aromatic heterocycles. The van der Waals surface area contributed by atoms with E-state index in [1.54, 1.807) is 6.92 Å². The zero-order valence-corrected chi connectivity index (χ0v) is 7.88. The van der Waals surface area contributed by atoms with Gasteiger partial charge >= 0.3 is 5.97 Å². The average Bonchev–Trinajstić information content (AvgIpc) is 2.09. The van der Waals surface area contributed by atoms with Crippen LogP contribution in [-0.2, 0) is 9.53 Å². The van der Waals surface area contributed by atoms with Crippen molar-refractivity contribution in [1.29, 1.82) is 0 Å². The Kier molecular flexibility index (Phi) is 3.93. The van der Waals surface area contributed by atoms with E-state index in [0.717, 1.165) is 5.57 Å². The van der Waals surface area contributed by atoms with E-state index in [-0.39, 0.29) is 5.97 Å². The van der Waals surface area contributed by atoms with Gasteiger partial charge in [0.05, 0.1) is 6.61 Å². The van der Waals surface area contributed by atoms with Crippen molar-refractivity contribution in [2.75, 3.05) is 6.61 Å². The van der Waals surface area contributed by atoms with Gasteiger partial charge in [-0.25, -0.2) is 9.18 Å². The fourth-order valence-electron chi connectivity index (χ4n) is 1.45. The fraction of sp³-hybridized carbons (Fsp3) is 0.700. The van der Waals surface area contributed by atoms with E-state index < -0.39 is 6.17 Å². The molecule has 1 aliphatic carbocycles. The van der Waals surface area contributed by atoms with Gasteiger partial charge in [-0.3, -0.25) is 0 Å². The Balaban J connectivity index is 2.38. The van der Waals surface area contributed by atoms with Crippen molar-refractivity contribution >= 4 is 5.97 Å². The van der Waals surface area contributed by atoms with Crippen molar-refractivity contribution in [3.05, 3.63) is 11.6 Å². The molecule has 74 valence electrons. The van der Waals surface area contributed by atoms with Gasteiger partial charge in [0.25, 0.3) is 0 Å². The summed E-state index contributed by atoms with van der Waals surface area (Å²) in [5, 5.41) is 0. The molecule has 0 aromatic carbocycles. The molecule has 0 atom stereocenters. The number of carbonyl (C=O) groups excluding carboxylic acids is 1. The Hall–Kier alpha value is -0.860. The standard InChI is InChI=1S/C10H15FO2/c1-2-13-10(12)7-8-3-5-9(11)6-4-8/h7,9H,2-6H2,1H3. The molecule has 1 fully saturated rings. The van der Waals surface area contributed by atoms with E-state index >= 15 is 0 Å². The zero-order valence-electron chi connectivity index (χ0n) is 7.88. The van der Waals surface area contributed by atoms with Gasteiger partial charge in [-0.05, 0) is 32.6 Å². The minimum Gasteiger partial charge on any atom is -0.463 e. The number of carbonyl (C=O) groups is 1. The molecule has 0 bridgehead atoms. The zero-order chi connectivity index (χ0) is 9.68. The van der Waals surface area contributed by atoms with Crippen LogP contribution in [0.25, 0.3) is 0 Å². The van der Waals surface area contributed by atoms with Crippen LogP contribution in [-0.4, -0.2) is 18.7 Å². The summed E-state index contributed by atoms with van der Waals surface area (Å²) >= 11 is 0. The SMILES string of the molecule is CCOC(=O)C=C1CCC(F)CC1. The van der Waals surface area contributed by atoms with E-state index in [9.17, 15) is 9.18 Å². The lowest BCUT2D eigenvalue weighted by Crippen LogP contribution is -2.10. The summed E-state index contributed by atoms with van der Waals surface area (Å²) in [6.07, 6.45) is 3.31. The van der Waals surface area contributed by atoms with Gasteiger partial charge in [0.1, 0.15) is 6.17 Å². The van der Waals surface area contributed by atoms with Crippen LogP contribution in [0.5, 0.6) is 0 Å². The summed E-state index contributed by atoms with van der Waals surface area (Å²) in [7, 11) is 0. The molecule has 0 N–H and O–H groups in total. The molecule has 13 heavy (non-hydrogen) atoms. The number of halogens is 1. The number of ether oxygens (including phenoxy) is 1. The maximum absolute atomic E-state index is 12.7. The molecule has 1 rings (SSSR count). The molecule has 0 radical (unpaired) electrons. The second-order valence-corrected chi connectivity index (χ2v) is 3.23. The Morgan fingerprint density at radius 1 is 1.62 bits per heavy atom. The quantitative estimate of drug-likeness (QED) is 0.489. The maximum atomic E-state index is 12.7. The predicted molar refractivity (Wildman–Crippen MR) is 48.1 cm³/mol. The summed E-state index contributed by atoms with van der Waals surface area (Å²) in [6.45, 7) is 2.17. The van der Waals surface area contributed by atoms with Crippen molar-refractivity contribution in [3.63, 3.8) is 0 Å². The normalized spacial score (nSPS) is 22.6. The monoisotopic (exact) mass is 186 g/mol. The van der Waals surface area contributed by atoms with Crippen LogP contribution < -0.4 is 0 Å². The molecule has 0 amide bonds. The number of hydrogen-bond acceptors (Lipinski definition) is 2. The van der Waals surface area contributed by atoms with Crippen molar-refractivity contribution < 1.29 is 13.9 Å². The van der Waals surface area contributed by atoms with Crippen LogP contribution in [0.1, 0.15) is 32.6 Å². The summed E-state index contributed by atoms with van der Waals surface area (Å²) in [6, 6.07) is 0. The van der Waals surface area contributed by atoms with Gasteiger partial charge < -0.3 is 4.74 Å². The second-order valence-electron chi connectivity index (χ2n) is 3.23. The first-order chi connectivity index (χ1) is 6.22. The first-order valence-electron chi connectivity index (χ1n) is 4.72. The van der Waals surface area contributed by atoms with Crippen molar-refractivity contribution in [3.8, 4) is 0 Å². The third-order valence-electron chi connectivity index (χ3n) is 2.17. The lowest BCUT2D eigenvalue weighted by Gasteiger charge is -2.16. The summed E-state index contributed by atoms with van der Waals surface area (Å²) in [4.78, 5) is 11.0. The fourth-order valence-corrected chi connectivity index (χ4v) is 1.45. The van der Waals surface area contributed by atoms with Crippen LogP contribution in [0.3, 0.4) is 0 Å². The minimum atomic E-state index is -0.681. The molecule has 0 aliphatic heterocycles. The molecular weight excluding hydrogens is 171 g/mol. The second kappa shape index (κ2) is 5.00. The summed E-state index contributed by atoms with van der Waals surface area (Å²) in [5.74, 6) is -0.296. The van der Waals surface area contributed by atoms with Gasteiger partial charge in [-0.15, -0.1) is 0 Å². The molecule has 1 saturated carbocycles. The maximum Gasteiger partial charge on any atom is 0.330 e. The van der Waals surface area contributed by atoms with Crippen molar-refractivity contribution in [1.82, 2.24) is 0 Å². The number of alkyl halides is 1. The smallest absolute Gasteiger partial charge is 0.330 e. The highest BCUT2D eigenvalue weighted by molar-refractivity contribution is 5.82. The Morgan fingerprint density at radius 3 is 2.77 bits per heavy atom. The van der Waals surface area contributed by atoms with Gasteiger partial charge in [-0.2, -0.15) is 0 Å². The first kappa shape index (κ1) is 10.2. The van der Waals surface area contributed by atoms with Gasteiger partial charge in [-0.1, -0.05) is 5.57 Å². The molecular formula is C10H15FO2. The number of hydrogen-bond donors (Lipinski definition) is 0. The molecule has 0 heterocycles. The number of allylic oxidation sites excluding steroid dienone is 1. The van der Waals surface area contributed by atoms with Crippen molar-refractivity contribution in [2.45, 2.75) is 38.8 Å². The summed E-state index contributed by atoms with van der Waals surface area (Å²) < 4.78 is 17.5. The molecule has 0 spiro atoms. The molecule has 0 unspecified atom stereocenters. The highest BCUT2D eigenvalue weighted by atomic mass is 19.1. The third-order valence-corrected chi connectivity index (χ3v) is 2.17. The average molecular weight is 186 g/mol. The van der Waals surface area contributed by atoms with Gasteiger partial charge in [0, 0.05) is 6.08 Å². The van der Waals surface area contributed by atoms with E-state index in [2.05, 4.69) is 0 Å². The lowest BCUT2D eigenvalue weighted by atomic mass is 9.93. The van der Waals surface area contributed by atoms with Crippen LogP contribution in [0.4, 0.5) is 4.39 Å². The van der Waals surface area contributed by atoms with Crippen LogP contribution >= 0.6 is 0 Å². The van der Waals surface area contributed by atoms with Gasteiger partial charge in [0.15, 0.2) is 0 Å². The van der Waals surface area contributed by atoms with Crippen LogP contribution in [0.15, 0.2) is 11.6 Å². The van der Waals surface area contributed by atoms with Crippen LogP contribution in [0, 0.1) is 0 Å². The molecule has 2 nitrogen and oxygen atoms in total. The molecule has 3 heteroatoms. The molecule has 0 saturated heterocycles. The minimum absolute atomic E-state index is 0.296. The Bertz CT molecular complexity index is 201. The Labute approximate surface area is 77.8 Å². The summed E-state index contributed by atoms with van der Waals surface area (Å²) in [5.41, 5.74) is 1.02.